The van der Waals surface area contributed by atoms with Crippen LogP contribution >= 0.6 is 0 Å². The standard InChI is InChI=1S/C16H22FNO2/c1-18(10-12-5-3-2-4-6-12)11-14-9-13(16(19)20)7-8-15(14)17/h7-9,12H,2-6,10-11H2,1H3,(H,19,20). The highest BCUT2D eigenvalue weighted by molar-refractivity contribution is 5.87. The van der Waals surface area contributed by atoms with Crippen molar-refractivity contribution in [2.75, 3.05) is 13.6 Å². The number of nitrogens with zero attached hydrogens (tertiary/aromatic N) is 1. The fourth-order valence-electron chi connectivity index (χ4n) is 2.99. The quantitative estimate of drug-likeness (QED) is 0.896. The summed E-state index contributed by atoms with van der Waals surface area (Å²) in [7, 11) is 1.97. The Balaban J connectivity index is 1.97. The summed E-state index contributed by atoms with van der Waals surface area (Å²) in [4.78, 5) is 13.0. The highest BCUT2D eigenvalue weighted by Gasteiger charge is 2.16. The van der Waals surface area contributed by atoms with Crippen LogP contribution in [0.3, 0.4) is 0 Å². The van der Waals surface area contributed by atoms with E-state index in [1.165, 1.54) is 50.3 Å². The van der Waals surface area contributed by atoms with Gasteiger partial charge in [0, 0.05) is 18.7 Å². The van der Waals surface area contributed by atoms with Gasteiger partial charge >= 0.3 is 5.97 Å². The minimum absolute atomic E-state index is 0.146. The Kier molecular flexibility index (Phi) is 5.12. The van der Waals surface area contributed by atoms with Crippen LogP contribution in [-0.2, 0) is 6.54 Å². The van der Waals surface area contributed by atoms with E-state index in [1.54, 1.807) is 0 Å². The Bertz CT molecular complexity index is 470. The van der Waals surface area contributed by atoms with Gasteiger partial charge in [-0.15, -0.1) is 0 Å². The number of halogens is 1. The molecule has 1 aromatic carbocycles. The van der Waals surface area contributed by atoms with Crippen LogP contribution in [0.15, 0.2) is 18.2 Å². The van der Waals surface area contributed by atoms with Crippen molar-refractivity contribution < 1.29 is 14.3 Å². The van der Waals surface area contributed by atoms with Crippen LogP contribution in [0.2, 0.25) is 0 Å². The minimum atomic E-state index is -1.01. The summed E-state index contributed by atoms with van der Waals surface area (Å²) in [6, 6.07) is 3.99. The predicted molar refractivity (Wildman–Crippen MR) is 76.3 cm³/mol. The first-order valence-electron chi connectivity index (χ1n) is 7.26. The van der Waals surface area contributed by atoms with Gasteiger partial charge in [0.1, 0.15) is 5.82 Å². The van der Waals surface area contributed by atoms with Crippen LogP contribution in [0.1, 0.15) is 48.0 Å². The van der Waals surface area contributed by atoms with Gasteiger partial charge in [-0.1, -0.05) is 19.3 Å². The largest absolute Gasteiger partial charge is 0.478 e. The second-order valence-corrected chi connectivity index (χ2v) is 5.81. The molecule has 1 N–H and O–H groups in total. The molecule has 0 amide bonds. The van der Waals surface area contributed by atoms with Crippen molar-refractivity contribution in [1.29, 1.82) is 0 Å². The number of carboxylic acid groups (broad SMARTS) is 1. The molecule has 0 saturated heterocycles. The predicted octanol–water partition coefficient (Wildman–Crippen LogP) is 3.54. The molecule has 1 saturated carbocycles. The third kappa shape index (κ3) is 4.04. The molecule has 0 radical (unpaired) electrons. The van der Waals surface area contributed by atoms with Gasteiger partial charge in [-0.3, -0.25) is 0 Å². The van der Waals surface area contributed by atoms with Gasteiger partial charge in [0.2, 0.25) is 0 Å². The molecular formula is C16H22FNO2. The SMILES string of the molecule is CN(Cc1cc(C(=O)O)ccc1F)CC1CCCCC1. The van der Waals surface area contributed by atoms with Gasteiger partial charge in [-0.05, 0) is 44.0 Å². The molecule has 20 heavy (non-hydrogen) atoms. The molecule has 0 aromatic heterocycles. The highest BCUT2D eigenvalue weighted by Crippen LogP contribution is 2.24. The average Bonchev–Trinajstić information content (AvgIpc) is 2.42. The smallest absolute Gasteiger partial charge is 0.335 e. The van der Waals surface area contributed by atoms with Gasteiger partial charge < -0.3 is 10.0 Å². The lowest BCUT2D eigenvalue weighted by atomic mass is 9.89. The topological polar surface area (TPSA) is 40.5 Å². The fourth-order valence-corrected chi connectivity index (χ4v) is 2.99. The van der Waals surface area contributed by atoms with E-state index >= 15 is 0 Å². The first kappa shape index (κ1) is 15.0. The van der Waals surface area contributed by atoms with Gasteiger partial charge in [-0.2, -0.15) is 0 Å². The average molecular weight is 279 g/mol. The molecule has 3 nitrogen and oxygen atoms in total. The van der Waals surface area contributed by atoms with Crippen LogP contribution < -0.4 is 0 Å². The monoisotopic (exact) mass is 279 g/mol. The normalized spacial score (nSPS) is 16.6. The number of hydrogen-bond donors (Lipinski definition) is 1. The first-order valence-corrected chi connectivity index (χ1v) is 7.26. The van der Waals surface area contributed by atoms with E-state index in [9.17, 15) is 9.18 Å². The summed E-state index contributed by atoms with van der Waals surface area (Å²) in [5.74, 6) is -0.647. The summed E-state index contributed by atoms with van der Waals surface area (Å²) in [6.07, 6.45) is 6.42. The molecule has 1 aliphatic rings. The lowest BCUT2D eigenvalue weighted by Crippen LogP contribution is -2.27. The molecule has 0 unspecified atom stereocenters. The van der Waals surface area contributed by atoms with E-state index in [2.05, 4.69) is 4.90 Å². The Hall–Kier alpha value is -1.42. The Morgan fingerprint density at radius 1 is 1.35 bits per heavy atom. The number of carboxylic acids is 1. The molecule has 110 valence electrons. The lowest BCUT2D eigenvalue weighted by Gasteiger charge is -2.27. The zero-order valence-corrected chi connectivity index (χ0v) is 11.9. The molecule has 4 heteroatoms. The van der Waals surface area contributed by atoms with E-state index < -0.39 is 5.97 Å². The van der Waals surface area contributed by atoms with Gasteiger partial charge in [0.05, 0.1) is 5.56 Å². The number of carbonyl (C=O) groups is 1. The van der Waals surface area contributed by atoms with Crippen molar-refractivity contribution in [3.63, 3.8) is 0 Å². The first-order chi connectivity index (χ1) is 9.56. The number of rotatable bonds is 5. The van der Waals surface area contributed by atoms with Crippen molar-refractivity contribution in [3.8, 4) is 0 Å². The van der Waals surface area contributed by atoms with Crippen LogP contribution in [0.5, 0.6) is 0 Å². The third-order valence-electron chi connectivity index (χ3n) is 4.03. The summed E-state index contributed by atoms with van der Waals surface area (Å²) >= 11 is 0. The second-order valence-electron chi connectivity index (χ2n) is 5.81. The molecule has 1 aliphatic carbocycles. The zero-order chi connectivity index (χ0) is 14.5. The fraction of sp³-hybridized carbons (Fsp3) is 0.562. The third-order valence-corrected chi connectivity index (χ3v) is 4.03. The Morgan fingerprint density at radius 2 is 2.05 bits per heavy atom. The summed E-state index contributed by atoms with van der Waals surface area (Å²) in [5.41, 5.74) is 0.607. The van der Waals surface area contributed by atoms with E-state index in [4.69, 9.17) is 5.11 Å². The summed E-state index contributed by atoms with van der Waals surface area (Å²) in [6.45, 7) is 1.42. The van der Waals surface area contributed by atoms with Gasteiger partial charge in [0.25, 0.3) is 0 Å². The van der Waals surface area contributed by atoms with Crippen molar-refractivity contribution in [2.45, 2.75) is 38.6 Å². The van der Waals surface area contributed by atoms with E-state index in [0.717, 1.165) is 6.54 Å². The lowest BCUT2D eigenvalue weighted by molar-refractivity contribution is 0.0696. The number of aromatic carboxylic acids is 1. The van der Waals surface area contributed by atoms with E-state index in [1.807, 2.05) is 7.05 Å². The molecule has 1 fully saturated rings. The Morgan fingerprint density at radius 3 is 2.70 bits per heavy atom. The molecular weight excluding hydrogens is 257 g/mol. The van der Waals surface area contributed by atoms with Crippen molar-refractivity contribution in [2.24, 2.45) is 5.92 Å². The maximum Gasteiger partial charge on any atom is 0.335 e. The highest BCUT2D eigenvalue weighted by atomic mass is 19.1. The second kappa shape index (κ2) is 6.84. The van der Waals surface area contributed by atoms with Gasteiger partial charge in [-0.25, -0.2) is 9.18 Å². The van der Waals surface area contributed by atoms with Gasteiger partial charge in [0.15, 0.2) is 0 Å². The van der Waals surface area contributed by atoms with Crippen molar-refractivity contribution >= 4 is 5.97 Å². The molecule has 0 spiro atoms. The molecule has 0 bridgehead atoms. The number of hydrogen-bond acceptors (Lipinski definition) is 2. The summed E-state index contributed by atoms with van der Waals surface area (Å²) < 4.78 is 13.8. The number of benzene rings is 1. The van der Waals surface area contributed by atoms with Crippen LogP contribution in [-0.4, -0.2) is 29.6 Å². The molecule has 0 aliphatic heterocycles. The van der Waals surface area contributed by atoms with Crippen LogP contribution in [0.4, 0.5) is 4.39 Å². The van der Waals surface area contributed by atoms with Crippen LogP contribution in [0.25, 0.3) is 0 Å². The maximum absolute atomic E-state index is 13.8. The van der Waals surface area contributed by atoms with E-state index in [0.29, 0.717) is 18.0 Å². The minimum Gasteiger partial charge on any atom is -0.478 e. The van der Waals surface area contributed by atoms with E-state index in [-0.39, 0.29) is 11.4 Å². The van der Waals surface area contributed by atoms with Crippen LogP contribution in [0, 0.1) is 11.7 Å². The zero-order valence-electron chi connectivity index (χ0n) is 11.9. The van der Waals surface area contributed by atoms with Crippen molar-refractivity contribution in [1.82, 2.24) is 4.90 Å². The Labute approximate surface area is 119 Å². The molecule has 1 aromatic rings. The summed E-state index contributed by atoms with van der Waals surface area (Å²) in [5, 5.41) is 8.96. The maximum atomic E-state index is 13.8. The molecule has 2 rings (SSSR count). The molecule has 0 atom stereocenters. The molecule has 0 heterocycles. The van der Waals surface area contributed by atoms with Crippen molar-refractivity contribution in [3.05, 3.63) is 35.1 Å².